The number of piperidine rings is 1. The Morgan fingerprint density at radius 1 is 1.00 bits per heavy atom. The molecule has 1 saturated heterocycles. The zero-order chi connectivity index (χ0) is 30.0. The largest absolute Gasteiger partial charge is 0.496 e. The molecule has 3 heterocycles. The van der Waals surface area contributed by atoms with Gasteiger partial charge in [-0.1, -0.05) is 6.07 Å². The van der Waals surface area contributed by atoms with Crippen LogP contribution >= 0.6 is 0 Å². The lowest BCUT2D eigenvalue weighted by atomic mass is 9.96. The van der Waals surface area contributed by atoms with Gasteiger partial charge < -0.3 is 24.4 Å². The number of benzene rings is 2. The van der Waals surface area contributed by atoms with Gasteiger partial charge in [0, 0.05) is 35.9 Å². The fourth-order valence-corrected chi connectivity index (χ4v) is 5.06. The number of nitrogens with zero attached hydrogens (tertiary/aromatic N) is 4. The number of rotatable bonds is 8. The number of nitrogens with one attached hydrogen (secondary N) is 2. The van der Waals surface area contributed by atoms with Crippen LogP contribution in [0.15, 0.2) is 42.5 Å². The van der Waals surface area contributed by atoms with Gasteiger partial charge in [0.2, 0.25) is 11.6 Å². The Kier molecular flexibility index (Phi) is 8.02. The highest BCUT2D eigenvalue weighted by Crippen LogP contribution is 2.33. The Bertz CT molecular complexity index is 1600. The summed E-state index contributed by atoms with van der Waals surface area (Å²) in [6, 6.07) is 12.9. The first-order valence-electron chi connectivity index (χ1n) is 13.9. The molecule has 1 aliphatic rings. The average molecular weight is 573 g/mol. The lowest BCUT2D eigenvalue weighted by molar-refractivity contribution is -0.160. The summed E-state index contributed by atoms with van der Waals surface area (Å²) in [5.41, 5.74) is 2.14. The van der Waals surface area contributed by atoms with E-state index in [1.807, 2.05) is 52.0 Å². The summed E-state index contributed by atoms with van der Waals surface area (Å²) in [6.45, 7) is 8.95. The van der Waals surface area contributed by atoms with Crippen molar-refractivity contribution in [1.82, 2.24) is 20.2 Å². The van der Waals surface area contributed by atoms with Crippen LogP contribution in [0.1, 0.15) is 55.5 Å². The van der Waals surface area contributed by atoms with Crippen molar-refractivity contribution in [3.05, 3.63) is 59.5 Å². The maximum Gasteiger partial charge on any atom is 0.309 e. The van der Waals surface area contributed by atoms with E-state index in [2.05, 4.69) is 25.4 Å². The van der Waals surface area contributed by atoms with Crippen molar-refractivity contribution in [3.8, 4) is 11.5 Å². The van der Waals surface area contributed by atoms with E-state index in [0.717, 1.165) is 16.8 Å². The normalized spacial score (nSPS) is 14.1. The second kappa shape index (κ2) is 11.7. The maximum absolute atomic E-state index is 13.9. The first-order chi connectivity index (χ1) is 20.1. The number of aromatic amines is 1. The summed E-state index contributed by atoms with van der Waals surface area (Å²) in [5.74, 6) is 1.01. The van der Waals surface area contributed by atoms with Crippen LogP contribution in [0.3, 0.4) is 0 Å². The minimum Gasteiger partial charge on any atom is -0.496 e. The van der Waals surface area contributed by atoms with Crippen LogP contribution in [-0.2, 0) is 9.53 Å². The molecule has 11 nitrogen and oxygen atoms in total. The third-order valence-corrected chi connectivity index (χ3v) is 7.09. The molecule has 0 amide bonds. The summed E-state index contributed by atoms with van der Waals surface area (Å²) in [4.78, 5) is 38.0. The van der Waals surface area contributed by atoms with Crippen molar-refractivity contribution in [2.75, 3.05) is 37.5 Å². The van der Waals surface area contributed by atoms with Crippen molar-refractivity contribution in [1.29, 1.82) is 0 Å². The maximum atomic E-state index is 13.9. The van der Waals surface area contributed by atoms with Crippen molar-refractivity contribution < 1.29 is 23.8 Å². The second-order valence-corrected chi connectivity index (χ2v) is 11.3. The van der Waals surface area contributed by atoms with Crippen molar-refractivity contribution >= 4 is 40.0 Å². The van der Waals surface area contributed by atoms with Crippen LogP contribution in [0, 0.1) is 12.8 Å². The number of carbonyl (C=O) groups is 2. The molecule has 0 saturated carbocycles. The second-order valence-electron chi connectivity index (χ2n) is 11.3. The summed E-state index contributed by atoms with van der Waals surface area (Å²) in [6.07, 6.45) is 1.39. The van der Waals surface area contributed by atoms with E-state index in [-0.39, 0.29) is 23.3 Å². The van der Waals surface area contributed by atoms with Crippen LogP contribution in [-0.4, -0.2) is 64.8 Å². The number of methoxy groups -OCH3 is 2. The van der Waals surface area contributed by atoms with Gasteiger partial charge in [0.15, 0.2) is 5.82 Å². The fourth-order valence-electron chi connectivity index (χ4n) is 5.06. The number of esters is 1. The van der Waals surface area contributed by atoms with Gasteiger partial charge >= 0.3 is 5.97 Å². The van der Waals surface area contributed by atoms with Gasteiger partial charge in [-0.3, -0.25) is 14.7 Å². The van der Waals surface area contributed by atoms with E-state index in [1.54, 1.807) is 18.2 Å². The molecule has 0 spiro atoms. The van der Waals surface area contributed by atoms with Crippen LogP contribution < -0.4 is 19.7 Å². The van der Waals surface area contributed by atoms with Gasteiger partial charge in [-0.2, -0.15) is 5.10 Å². The number of hydrogen-bond donors (Lipinski definition) is 2. The van der Waals surface area contributed by atoms with Crippen molar-refractivity contribution in [3.63, 3.8) is 0 Å². The molecule has 0 unspecified atom stereocenters. The molecule has 2 N–H and O–H groups in total. The molecule has 42 heavy (non-hydrogen) atoms. The molecule has 1 aliphatic heterocycles. The monoisotopic (exact) mass is 572 g/mol. The average Bonchev–Trinajstić information content (AvgIpc) is 3.39. The molecule has 5 rings (SSSR count). The molecule has 2 aromatic carbocycles. The standard InChI is InChI=1S/C31H36N6O5/c1-18-16-25(36-35-18)33-28-21-11-10-20(37-14-12-19(13-15-37)30(39)42-31(2,3)4)17-22(21)32-29(34-28)27(38)26-23(40-5)8-7-9-24(26)41-6/h7-11,16-17,19H,12-15H2,1-6H3,(H2,32,33,34,35,36). The summed E-state index contributed by atoms with van der Waals surface area (Å²) < 4.78 is 16.5. The van der Waals surface area contributed by atoms with Crippen LogP contribution in [0.25, 0.3) is 10.9 Å². The van der Waals surface area contributed by atoms with E-state index in [1.165, 1.54) is 14.2 Å². The Morgan fingerprint density at radius 3 is 2.29 bits per heavy atom. The first kappa shape index (κ1) is 28.8. The number of aromatic nitrogens is 4. The lowest BCUT2D eigenvalue weighted by Crippen LogP contribution is -2.38. The predicted molar refractivity (Wildman–Crippen MR) is 160 cm³/mol. The third-order valence-electron chi connectivity index (χ3n) is 7.09. The number of fused-ring (bicyclic) bond motifs is 1. The zero-order valence-electron chi connectivity index (χ0n) is 24.8. The van der Waals surface area contributed by atoms with Gasteiger partial charge in [0.05, 0.1) is 25.7 Å². The molecule has 1 fully saturated rings. The Balaban J connectivity index is 1.50. The summed E-state index contributed by atoms with van der Waals surface area (Å²) in [5, 5.41) is 11.1. The Morgan fingerprint density at radius 2 is 1.69 bits per heavy atom. The van der Waals surface area contributed by atoms with Crippen LogP contribution in [0.4, 0.5) is 17.3 Å². The smallest absolute Gasteiger partial charge is 0.309 e. The number of ketones is 1. The van der Waals surface area contributed by atoms with Gasteiger partial charge in [-0.05, 0) is 70.9 Å². The van der Waals surface area contributed by atoms with Gasteiger partial charge in [-0.15, -0.1) is 0 Å². The lowest BCUT2D eigenvalue weighted by Gasteiger charge is -2.34. The number of carbonyl (C=O) groups excluding carboxylic acids is 2. The molecule has 2 aromatic heterocycles. The number of aryl methyl sites for hydroxylation is 1. The fraction of sp³-hybridized carbons (Fsp3) is 0.387. The number of hydrogen-bond acceptors (Lipinski definition) is 10. The quantitative estimate of drug-likeness (QED) is 0.214. The predicted octanol–water partition coefficient (Wildman–Crippen LogP) is 5.21. The van der Waals surface area contributed by atoms with E-state index >= 15 is 0 Å². The third kappa shape index (κ3) is 6.14. The highest BCUT2D eigenvalue weighted by atomic mass is 16.6. The highest BCUT2D eigenvalue weighted by molar-refractivity contribution is 6.11. The molecule has 0 atom stereocenters. The number of H-pyrrole nitrogens is 1. The van der Waals surface area contributed by atoms with E-state index in [9.17, 15) is 9.59 Å². The Labute approximate surface area is 244 Å². The van der Waals surface area contributed by atoms with Crippen molar-refractivity contribution in [2.24, 2.45) is 5.92 Å². The molecule has 0 aliphatic carbocycles. The molecule has 4 aromatic rings. The van der Waals surface area contributed by atoms with Crippen LogP contribution in [0.5, 0.6) is 11.5 Å². The highest BCUT2D eigenvalue weighted by Gasteiger charge is 2.30. The molecular weight excluding hydrogens is 536 g/mol. The minimum absolute atomic E-state index is 0.0131. The Hall–Kier alpha value is -4.67. The zero-order valence-corrected chi connectivity index (χ0v) is 24.8. The van der Waals surface area contributed by atoms with Crippen molar-refractivity contribution in [2.45, 2.75) is 46.1 Å². The topological polar surface area (TPSA) is 132 Å². The summed E-state index contributed by atoms with van der Waals surface area (Å²) >= 11 is 0. The molecule has 0 radical (unpaired) electrons. The van der Waals surface area contributed by atoms with Crippen LogP contribution in [0.2, 0.25) is 0 Å². The van der Waals surface area contributed by atoms with Gasteiger partial charge in [-0.25, -0.2) is 9.97 Å². The van der Waals surface area contributed by atoms with E-state index < -0.39 is 11.4 Å². The van der Waals surface area contributed by atoms with Gasteiger partial charge in [0.1, 0.15) is 28.5 Å². The van der Waals surface area contributed by atoms with Gasteiger partial charge in [0.25, 0.3) is 0 Å². The number of ether oxygens (including phenoxy) is 3. The SMILES string of the molecule is COc1cccc(OC)c1C(=O)c1nc(Nc2cc(C)[nH]n2)c2ccc(N3CCC(C(=O)OC(C)(C)C)CC3)cc2n1. The van der Waals surface area contributed by atoms with E-state index in [0.29, 0.717) is 54.6 Å². The first-order valence-corrected chi connectivity index (χ1v) is 13.9. The van der Waals surface area contributed by atoms with E-state index in [4.69, 9.17) is 19.2 Å². The molecular formula is C31H36N6O5. The minimum atomic E-state index is -0.504. The molecule has 11 heteroatoms. The molecule has 0 bridgehead atoms. The summed E-state index contributed by atoms with van der Waals surface area (Å²) in [7, 11) is 3.00. The molecule has 220 valence electrons. The number of anilines is 3.